The van der Waals surface area contributed by atoms with Crippen molar-refractivity contribution in [2.24, 2.45) is 0 Å². The molecule has 2 heterocycles. The van der Waals surface area contributed by atoms with E-state index in [1.54, 1.807) is 0 Å². The Morgan fingerprint density at radius 1 is 1.27 bits per heavy atom. The minimum atomic E-state index is -0.756. The number of imidazole rings is 1. The standard InChI is InChI=1S/C17H19N3O2/c1-2-6-15-19-14-11-18-13-8-4-3-7-12(13)17(14)20(15)10-5-9-16(21)22/h3-4,7-8,11H,2,5-6,9-10H2,1H3,(H,21,22). The van der Waals surface area contributed by atoms with E-state index < -0.39 is 5.97 Å². The summed E-state index contributed by atoms with van der Waals surface area (Å²) in [6.45, 7) is 2.80. The van der Waals surface area contributed by atoms with Crippen LogP contribution in [0.25, 0.3) is 21.9 Å². The number of pyridine rings is 1. The van der Waals surface area contributed by atoms with Gasteiger partial charge >= 0.3 is 5.97 Å². The number of benzene rings is 1. The molecule has 0 saturated heterocycles. The van der Waals surface area contributed by atoms with Crippen LogP contribution >= 0.6 is 0 Å². The topological polar surface area (TPSA) is 68.0 Å². The number of aliphatic carboxylic acids is 1. The van der Waals surface area contributed by atoms with E-state index in [0.717, 1.165) is 40.6 Å². The Kier molecular flexibility index (Phi) is 4.04. The molecule has 114 valence electrons. The van der Waals surface area contributed by atoms with Crippen molar-refractivity contribution < 1.29 is 9.90 Å². The van der Waals surface area contributed by atoms with Crippen molar-refractivity contribution in [3.05, 3.63) is 36.3 Å². The van der Waals surface area contributed by atoms with Crippen molar-refractivity contribution in [1.29, 1.82) is 0 Å². The molecule has 22 heavy (non-hydrogen) atoms. The van der Waals surface area contributed by atoms with E-state index in [9.17, 15) is 4.79 Å². The van der Waals surface area contributed by atoms with E-state index in [2.05, 4.69) is 22.5 Å². The summed E-state index contributed by atoms with van der Waals surface area (Å²) in [4.78, 5) is 19.9. The number of rotatable bonds is 6. The average Bonchev–Trinajstić information content (AvgIpc) is 2.86. The number of hydrogen-bond donors (Lipinski definition) is 1. The summed E-state index contributed by atoms with van der Waals surface area (Å²) in [7, 11) is 0. The molecule has 5 heteroatoms. The lowest BCUT2D eigenvalue weighted by Gasteiger charge is -2.09. The predicted octanol–water partition coefficient (Wildman–Crippen LogP) is 3.40. The SMILES string of the molecule is CCCc1nc2cnc3ccccc3c2n1CCCC(=O)O. The lowest BCUT2D eigenvalue weighted by Crippen LogP contribution is -2.06. The normalized spacial score (nSPS) is 11.3. The van der Waals surface area contributed by atoms with Gasteiger partial charge in [-0.2, -0.15) is 0 Å². The first-order chi connectivity index (χ1) is 10.7. The smallest absolute Gasteiger partial charge is 0.303 e. The van der Waals surface area contributed by atoms with Crippen LogP contribution in [0.1, 0.15) is 32.0 Å². The highest BCUT2D eigenvalue weighted by Crippen LogP contribution is 2.25. The Balaban J connectivity index is 2.13. The van der Waals surface area contributed by atoms with Gasteiger partial charge in [-0.05, 0) is 18.9 Å². The van der Waals surface area contributed by atoms with E-state index in [1.807, 2.05) is 24.4 Å². The third-order valence-corrected chi connectivity index (χ3v) is 3.80. The van der Waals surface area contributed by atoms with Gasteiger partial charge in [0.25, 0.3) is 0 Å². The maximum Gasteiger partial charge on any atom is 0.303 e. The Labute approximate surface area is 128 Å². The summed E-state index contributed by atoms with van der Waals surface area (Å²) < 4.78 is 2.17. The van der Waals surface area contributed by atoms with Crippen LogP contribution in [0.3, 0.4) is 0 Å². The van der Waals surface area contributed by atoms with E-state index in [-0.39, 0.29) is 6.42 Å². The largest absolute Gasteiger partial charge is 0.481 e. The van der Waals surface area contributed by atoms with Gasteiger partial charge in [0.15, 0.2) is 0 Å². The van der Waals surface area contributed by atoms with Crippen molar-refractivity contribution in [2.75, 3.05) is 0 Å². The van der Waals surface area contributed by atoms with Crippen LogP contribution in [0.5, 0.6) is 0 Å². The molecule has 5 nitrogen and oxygen atoms in total. The zero-order valence-electron chi connectivity index (χ0n) is 12.6. The molecule has 0 aliphatic rings. The number of aromatic nitrogens is 3. The molecule has 1 aromatic carbocycles. The van der Waals surface area contributed by atoms with Crippen molar-refractivity contribution in [2.45, 2.75) is 39.2 Å². The van der Waals surface area contributed by atoms with Crippen molar-refractivity contribution in [1.82, 2.24) is 14.5 Å². The second-order valence-electron chi connectivity index (χ2n) is 5.44. The molecule has 0 unspecified atom stereocenters. The van der Waals surface area contributed by atoms with Gasteiger partial charge in [0.2, 0.25) is 0 Å². The molecule has 0 aliphatic carbocycles. The monoisotopic (exact) mass is 297 g/mol. The molecule has 0 amide bonds. The fourth-order valence-corrected chi connectivity index (χ4v) is 2.85. The fourth-order valence-electron chi connectivity index (χ4n) is 2.85. The van der Waals surface area contributed by atoms with E-state index >= 15 is 0 Å². The minimum absolute atomic E-state index is 0.175. The lowest BCUT2D eigenvalue weighted by molar-refractivity contribution is -0.137. The molecule has 3 rings (SSSR count). The molecule has 0 spiro atoms. The van der Waals surface area contributed by atoms with Crippen molar-refractivity contribution in [3.63, 3.8) is 0 Å². The summed E-state index contributed by atoms with van der Waals surface area (Å²) in [6.07, 6.45) is 4.48. The molecular formula is C17H19N3O2. The van der Waals surface area contributed by atoms with Gasteiger partial charge in [0.05, 0.1) is 17.2 Å². The lowest BCUT2D eigenvalue weighted by atomic mass is 10.2. The van der Waals surface area contributed by atoms with Crippen molar-refractivity contribution in [3.8, 4) is 0 Å². The van der Waals surface area contributed by atoms with Gasteiger partial charge in [-0.25, -0.2) is 4.98 Å². The second-order valence-corrected chi connectivity index (χ2v) is 5.44. The van der Waals surface area contributed by atoms with Gasteiger partial charge in [0, 0.05) is 24.8 Å². The van der Waals surface area contributed by atoms with Gasteiger partial charge < -0.3 is 9.67 Å². The van der Waals surface area contributed by atoms with Crippen LogP contribution in [0, 0.1) is 0 Å². The Hall–Kier alpha value is -2.43. The van der Waals surface area contributed by atoms with Crippen LogP contribution < -0.4 is 0 Å². The summed E-state index contributed by atoms with van der Waals surface area (Å²) in [6, 6.07) is 8.01. The van der Waals surface area contributed by atoms with Crippen LogP contribution in [-0.2, 0) is 17.8 Å². The third-order valence-electron chi connectivity index (χ3n) is 3.80. The fraction of sp³-hybridized carbons (Fsp3) is 0.353. The van der Waals surface area contributed by atoms with Gasteiger partial charge in [-0.1, -0.05) is 25.1 Å². The first-order valence-electron chi connectivity index (χ1n) is 7.65. The van der Waals surface area contributed by atoms with E-state index in [4.69, 9.17) is 10.1 Å². The number of nitrogens with zero attached hydrogens (tertiary/aromatic N) is 3. The number of fused-ring (bicyclic) bond motifs is 3. The molecule has 2 aromatic heterocycles. The summed E-state index contributed by atoms with van der Waals surface area (Å²) in [5.74, 6) is 0.258. The summed E-state index contributed by atoms with van der Waals surface area (Å²) in [5.41, 5.74) is 2.90. The Bertz CT molecular complexity index is 823. The molecule has 0 aliphatic heterocycles. The quantitative estimate of drug-likeness (QED) is 0.757. The van der Waals surface area contributed by atoms with Gasteiger partial charge in [-0.3, -0.25) is 9.78 Å². The molecular weight excluding hydrogens is 278 g/mol. The highest BCUT2D eigenvalue weighted by Gasteiger charge is 2.13. The number of aryl methyl sites for hydroxylation is 2. The molecule has 0 saturated carbocycles. The maximum atomic E-state index is 10.8. The van der Waals surface area contributed by atoms with Crippen LogP contribution in [0.2, 0.25) is 0 Å². The van der Waals surface area contributed by atoms with Crippen LogP contribution in [0.15, 0.2) is 30.5 Å². The molecule has 3 aromatic rings. The number of hydrogen-bond acceptors (Lipinski definition) is 3. The summed E-state index contributed by atoms with van der Waals surface area (Å²) in [5, 5.41) is 9.94. The highest BCUT2D eigenvalue weighted by molar-refractivity contribution is 6.02. The number of carboxylic acid groups (broad SMARTS) is 1. The zero-order valence-corrected chi connectivity index (χ0v) is 12.6. The molecule has 0 atom stereocenters. The van der Waals surface area contributed by atoms with Crippen molar-refractivity contribution >= 4 is 27.9 Å². The second kappa shape index (κ2) is 6.13. The first-order valence-corrected chi connectivity index (χ1v) is 7.65. The number of carboxylic acids is 1. The molecule has 0 fully saturated rings. The van der Waals surface area contributed by atoms with Crippen LogP contribution in [-0.4, -0.2) is 25.6 Å². The average molecular weight is 297 g/mol. The number of carbonyl (C=O) groups is 1. The third kappa shape index (κ3) is 2.66. The van der Waals surface area contributed by atoms with E-state index in [1.165, 1.54) is 0 Å². The summed E-state index contributed by atoms with van der Waals surface area (Å²) >= 11 is 0. The molecule has 1 N–H and O–H groups in total. The van der Waals surface area contributed by atoms with Gasteiger partial charge in [0.1, 0.15) is 11.3 Å². The maximum absolute atomic E-state index is 10.8. The Morgan fingerprint density at radius 3 is 2.86 bits per heavy atom. The Morgan fingerprint density at radius 2 is 2.09 bits per heavy atom. The first kappa shape index (κ1) is 14.5. The number of para-hydroxylation sites is 1. The molecule has 0 bridgehead atoms. The van der Waals surface area contributed by atoms with E-state index in [0.29, 0.717) is 13.0 Å². The predicted molar refractivity (Wildman–Crippen MR) is 85.9 cm³/mol. The minimum Gasteiger partial charge on any atom is -0.481 e. The molecule has 0 radical (unpaired) electrons. The van der Waals surface area contributed by atoms with Gasteiger partial charge in [-0.15, -0.1) is 0 Å². The van der Waals surface area contributed by atoms with Crippen LogP contribution in [0.4, 0.5) is 0 Å². The highest BCUT2D eigenvalue weighted by atomic mass is 16.4. The zero-order chi connectivity index (χ0) is 15.5.